The highest BCUT2D eigenvalue weighted by atomic mass is 15.0. The average Bonchev–Trinajstić information content (AvgIpc) is 3.14. The van der Waals surface area contributed by atoms with E-state index in [9.17, 15) is 0 Å². The molecular formula is C12H17N3. The third kappa shape index (κ3) is 2.02. The number of hydrogen-bond acceptors (Lipinski definition) is 3. The third-order valence-electron chi connectivity index (χ3n) is 3.31. The first-order valence-electron chi connectivity index (χ1n) is 6.00. The lowest BCUT2D eigenvalue weighted by molar-refractivity contribution is 0.396. The van der Waals surface area contributed by atoms with Gasteiger partial charge in [0.15, 0.2) is 0 Å². The first kappa shape index (κ1) is 9.28. The van der Waals surface area contributed by atoms with E-state index in [1.165, 1.54) is 37.8 Å². The van der Waals surface area contributed by atoms with E-state index >= 15 is 0 Å². The lowest BCUT2D eigenvalue weighted by Crippen LogP contribution is -2.28. The van der Waals surface area contributed by atoms with Gasteiger partial charge in [-0.2, -0.15) is 0 Å². The van der Waals surface area contributed by atoms with E-state index in [1.54, 1.807) is 0 Å². The largest absolute Gasteiger partial charge is 0.307 e. The van der Waals surface area contributed by atoms with Gasteiger partial charge in [0.2, 0.25) is 0 Å². The van der Waals surface area contributed by atoms with Gasteiger partial charge in [0.25, 0.3) is 0 Å². The Balaban J connectivity index is 1.80. The van der Waals surface area contributed by atoms with Crippen LogP contribution in [0.15, 0.2) is 12.3 Å². The van der Waals surface area contributed by atoms with Gasteiger partial charge in [-0.1, -0.05) is 6.42 Å². The van der Waals surface area contributed by atoms with Crippen LogP contribution in [0.5, 0.6) is 0 Å². The summed E-state index contributed by atoms with van der Waals surface area (Å²) in [5.74, 6) is 1.74. The van der Waals surface area contributed by atoms with Gasteiger partial charge in [0.05, 0.1) is 6.04 Å². The molecule has 1 unspecified atom stereocenters. The van der Waals surface area contributed by atoms with Gasteiger partial charge in [-0.3, -0.25) is 0 Å². The summed E-state index contributed by atoms with van der Waals surface area (Å²) >= 11 is 0. The van der Waals surface area contributed by atoms with Crippen molar-refractivity contribution in [2.24, 2.45) is 0 Å². The number of hydrogen-bond donors (Lipinski definition) is 1. The van der Waals surface area contributed by atoms with E-state index in [1.807, 2.05) is 6.20 Å². The second-order valence-corrected chi connectivity index (χ2v) is 4.62. The smallest absolute Gasteiger partial charge is 0.145 e. The highest BCUT2D eigenvalue weighted by Crippen LogP contribution is 2.39. The van der Waals surface area contributed by atoms with Gasteiger partial charge in [-0.25, -0.2) is 9.97 Å². The van der Waals surface area contributed by atoms with Crippen LogP contribution in [0.2, 0.25) is 0 Å². The third-order valence-corrected chi connectivity index (χ3v) is 3.31. The molecule has 0 spiro atoms. The molecule has 2 fully saturated rings. The number of nitrogens with zero attached hydrogens (tertiary/aromatic N) is 2. The SMILES string of the molecule is c1cc(C2CC2)nc(C2CCCCN2)n1. The van der Waals surface area contributed by atoms with E-state index in [4.69, 9.17) is 0 Å². The van der Waals surface area contributed by atoms with Crippen LogP contribution in [0.3, 0.4) is 0 Å². The van der Waals surface area contributed by atoms with Crippen molar-refractivity contribution in [2.45, 2.75) is 44.1 Å². The molecule has 2 aliphatic rings. The Labute approximate surface area is 90.3 Å². The van der Waals surface area contributed by atoms with Crippen molar-refractivity contribution >= 4 is 0 Å². The molecule has 1 atom stereocenters. The lowest BCUT2D eigenvalue weighted by atomic mass is 10.0. The van der Waals surface area contributed by atoms with Gasteiger partial charge in [-0.15, -0.1) is 0 Å². The van der Waals surface area contributed by atoms with E-state index in [0.717, 1.165) is 18.3 Å². The van der Waals surface area contributed by atoms with Crippen LogP contribution in [-0.2, 0) is 0 Å². The average molecular weight is 203 g/mol. The predicted molar refractivity (Wildman–Crippen MR) is 58.6 cm³/mol. The second-order valence-electron chi connectivity index (χ2n) is 4.62. The van der Waals surface area contributed by atoms with E-state index < -0.39 is 0 Å². The van der Waals surface area contributed by atoms with Crippen molar-refractivity contribution in [3.8, 4) is 0 Å². The molecule has 1 saturated carbocycles. The van der Waals surface area contributed by atoms with Crippen LogP contribution in [0.1, 0.15) is 55.6 Å². The second kappa shape index (κ2) is 3.89. The maximum absolute atomic E-state index is 4.68. The number of piperidine rings is 1. The molecule has 1 aliphatic heterocycles. The Morgan fingerprint density at radius 2 is 2.13 bits per heavy atom. The van der Waals surface area contributed by atoms with E-state index in [-0.39, 0.29) is 0 Å². The van der Waals surface area contributed by atoms with Crippen LogP contribution < -0.4 is 5.32 Å². The summed E-state index contributed by atoms with van der Waals surface area (Å²) in [6, 6.07) is 2.47. The summed E-state index contributed by atoms with van der Waals surface area (Å²) in [5, 5.41) is 3.50. The summed E-state index contributed by atoms with van der Waals surface area (Å²) in [6.45, 7) is 1.11. The molecular weight excluding hydrogens is 186 g/mol. The van der Waals surface area contributed by atoms with Crippen molar-refractivity contribution in [2.75, 3.05) is 6.54 Å². The summed E-state index contributed by atoms with van der Waals surface area (Å²) in [5.41, 5.74) is 1.26. The summed E-state index contributed by atoms with van der Waals surface area (Å²) in [7, 11) is 0. The molecule has 0 aromatic carbocycles. The Morgan fingerprint density at radius 1 is 1.20 bits per heavy atom. The molecule has 0 amide bonds. The number of aromatic nitrogens is 2. The zero-order valence-electron chi connectivity index (χ0n) is 8.95. The lowest BCUT2D eigenvalue weighted by Gasteiger charge is -2.22. The quantitative estimate of drug-likeness (QED) is 0.800. The van der Waals surface area contributed by atoms with E-state index in [0.29, 0.717) is 6.04 Å². The molecule has 1 saturated heterocycles. The molecule has 1 aliphatic carbocycles. The Morgan fingerprint density at radius 3 is 2.87 bits per heavy atom. The van der Waals surface area contributed by atoms with Crippen molar-refractivity contribution in [3.05, 3.63) is 23.8 Å². The Bertz CT molecular complexity index is 340. The molecule has 15 heavy (non-hydrogen) atoms. The van der Waals surface area contributed by atoms with Crippen molar-refractivity contribution < 1.29 is 0 Å². The minimum atomic E-state index is 0.400. The fourth-order valence-corrected chi connectivity index (χ4v) is 2.23. The topological polar surface area (TPSA) is 37.8 Å². The molecule has 1 N–H and O–H groups in total. The molecule has 3 rings (SSSR count). The highest BCUT2D eigenvalue weighted by molar-refractivity contribution is 5.15. The maximum Gasteiger partial charge on any atom is 0.145 e. The Hall–Kier alpha value is -0.960. The Kier molecular flexibility index (Phi) is 2.41. The molecule has 0 radical (unpaired) electrons. The normalized spacial score (nSPS) is 26.5. The van der Waals surface area contributed by atoms with Crippen molar-refractivity contribution in [1.29, 1.82) is 0 Å². The van der Waals surface area contributed by atoms with Gasteiger partial charge < -0.3 is 5.32 Å². The monoisotopic (exact) mass is 203 g/mol. The zero-order chi connectivity index (χ0) is 10.1. The zero-order valence-corrected chi connectivity index (χ0v) is 8.95. The molecule has 2 heterocycles. The first-order valence-corrected chi connectivity index (χ1v) is 6.00. The summed E-state index contributed by atoms with van der Waals surface area (Å²) in [6.07, 6.45) is 8.33. The number of nitrogens with one attached hydrogen (secondary N) is 1. The van der Waals surface area contributed by atoms with Crippen LogP contribution >= 0.6 is 0 Å². The fourth-order valence-electron chi connectivity index (χ4n) is 2.23. The van der Waals surface area contributed by atoms with Crippen LogP contribution in [-0.4, -0.2) is 16.5 Å². The maximum atomic E-state index is 4.68. The summed E-state index contributed by atoms with van der Waals surface area (Å²) in [4.78, 5) is 9.08. The van der Waals surface area contributed by atoms with Crippen LogP contribution in [0.4, 0.5) is 0 Å². The molecule has 0 bridgehead atoms. The highest BCUT2D eigenvalue weighted by Gasteiger charge is 2.26. The van der Waals surface area contributed by atoms with Gasteiger partial charge in [0, 0.05) is 17.8 Å². The van der Waals surface area contributed by atoms with Crippen LogP contribution in [0.25, 0.3) is 0 Å². The molecule has 3 heteroatoms. The van der Waals surface area contributed by atoms with Gasteiger partial charge in [-0.05, 0) is 38.3 Å². The summed E-state index contributed by atoms with van der Waals surface area (Å²) < 4.78 is 0. The van der Waals surface area contributed by atoms with Crippen molar-refractivity contribution in [1.82, 2.24) is 15.3 Å². The van der Waals surface area contributed by atoms with E-state index in [2.05, 4.69) is 21.4 Å². The molecule has 1 aromatic heterocycles. The first-order chi connectivity index (χ1) is 7.43. The van der Waals surface area contributed by atoms with Gasteiger partial charge in [0.1, 0.15) is 5.82 Å². The van der Waals surface area contributed by atoms with Gasteiger partial charge >= 0.3 is 0 Å². The standard InChI is InChI=1S/C12H17N3/c1-2-7-13-11(3-1)12-14-8-6-10(15-12)9-4-5-9/h6,8-9,11,13H,1-5,7H2. The van der Waals surface area contributed by atoms with Crippen LogP contribution in [0, 0.1) is 0 Å². The predicted octanol–water partition coefficient (Wildman–Crippen LogP) is 2.17. The minimum Gasteiger partial charge on any atom is -0.307 e. The van der Waals surface area contributed by atoms with Crippen molar-refractivity contribution in [3.63, 3.8) is 0 Å². The number of rotatable bonds is 2. The molecule has 1 aromatic rings. The fraction of sp³-hybridized carbons (Fsp3) is 0.667. The molecule has 80 valence electrons. The minimum absolute atomic E-state index is 0.400. The molecule has 3 nitrogen and oxygen atoms in total.